The van der Waals surface area contributed by atoms with Crippen LogP contribution in [0.25, 0.3) is 0 Å². The number of hydrogen-bond donors (Lipinski definition) is 1. The second-order valence-corrected chi connectivity index (χ2v) is 5.26. The van der Waals surface area contributed by atoms with E-state index in [9.17, 15) is 4.79 Å². The minimum absolute atomic E-state index is 0.135. The third kappa shape index (κ3) is 3.47. The number of likely N-dealkylation sites (tertiary alicyclic amines) is 1. The molecule has 1 amide bonds. The van der Waals surface area contributed by atoms with Crippen LogP contribution in [-0.4, -0.2) is 51.2 Å². The van der Waals surface area contributed by atoms with Gasteiger partial charge in [0.15, 0.2) is 0 Å². The number of nitrogens with one attached hydrogen (secondary N) is 1. The molecule has 5 nitrogen and oxygen atoms in total. The van der Waals surface area contributed by atoms with E-state index in [0.717, 1.165) is 31.5 Å². The molecule has 1 aromatic rings. The first-order valence-corrected chi connectivity index (χ1v) is 7.35. The minimum Gasteiger partial charge on any atom is -0.496 e. The highest BCUT2D eigenvalue weighted by Gasteiger charge is 2.29. The molecule has 2 rings (SSSR count). The summed E-state index contributed by atoms with van der Waals surface area (Å²) in [6.45, 7) is 1.68. The molecule has 1 atom stereocenters. The van der Waals surface area contributed by atoms with Gasteiger partial charge < -0.3 is 19.7 Å². The number of nitrogens with zero attached hydrogens (tertiary/aromatic N) is 1. The molecule has 5 heteroatoms. The van der Waals surface area contributed by atoms with Crippen LogP contribution in [0.3, 0.4) is 0 Å². The molecule has 21 heavy (non-hydrogen) atoms. The number of hydrogen-bond acceptors (Lipinski definition) is 4. The summed E-state index contributed by atoms with van der Waals surface area (Å²) in [5.74, 6) is 1.54. The van der Waals surface area contributed by atoms with E-state index in [-0.39, 0.29) is 5.91 Å². The van der Waals surface area contributed by atoms with E-state index in [2.05, 4.69) is 5.32 Å². The van der Waals surface area contributed by atoms with Crippen LogP contribution < -0.4 is 14.8 Å². The Hall–Kier alpha value is -1.75. The van der Waals surface area contributed by atoms with Gasteiger partial charge in [-0.05, 0) is 32.0 Å². The molecule has 0 saturated carbocycles. The van der Waals surface area contributed by atoms with Crippen LogP contribution in [0, 0.1) is 0 Å². The number of rotatable bonds is 6. The van der Waals surface area contributed by atoms with Gasteiger partial charge in [-0.1, -0.05) is 6.07 Å². The highest BCUT2D eigenvalue weighted by Crippen LogP contribution is 2.30. The second-order valence-electron chi connectivity index (χ2n) is 5.26. The number of carbonyl (C=O) groups is 1. The van der Waals surface area contributed by atoms with E-state index in [1.807, 2.05) is 30.1 Å². The molecule has 1 aliphatic heterocycles. The van der Waals surface area contributed by atoms with Crippen LogP contribution in [-0.2, 0) is 11.2 Å². The van der Waals surface area contributed by atoms with Crippen LogP contribution >= 0.6 is 0 Å². The van der Waals surface area contributed by atoms with Gasteiger partial charge in [-0.15, -0.1) is 0 Å². The molecule has 1 heterocycles. The Morgan fingerprint density at radius 2 is 2.00 bits per heavy atom. The standard InChI is InChI=1S/C16H24N2O3/c1-17-11-12-6-5-9-18(12)16(19)10-13-14(20-2)7-4-8-15(13)21-3/h4,7-8,12,17H,5-6,9-11H2,1-3H3. The molecule has 0 bridgehead atoms. The summed E-state index contributed by atoms with van der Waals surface area (Å²) in [5.41, 5.74) is 0.822. The van der Waals surface area contributed by atoms with Crippen molar-refractivity contribution >= 4 is 5.91 Å². The van der Waals surface area contributed by atoms with Crippen molar-refractivity contribution in [1.29, 1.82) is 0 Å². The Labute approximate surface area is 126 Å². The first kappa shape index (κ1) is 15.6. The van der Waals surface area contributed by atoms with Crippen molar-refractivity contribution < 1.29 is 14.3 Å². The average Bonchev–Trinajstić information content (AvgIpc) is 2.96. The zero-order valence-corrected chi connectivity index (χ0v) is 13.0. The minimum atomic E-state index is 0.135. The summed E-state index contributed by atoms with van der Waals surface area (Å²) in [5, 5.41) is 3.16. The molecule has 0 aliphatic carbocycles. The highest BCUT2D eigenvalue weighted by atomic mass is 16.5. The van der Waals surface area contributed by atoms with E-state index < -0.39 is 0 Å². The lowest BCUT2D eigenvalue weighted by Gasteiger charge is -2.25. The maximum atomic E-state index is 12.6. The van der Waals surface area contributed by atoms with Crippen molar-refractivity contribution in [2.75, 3.05) is 34.4 Å². The van der Waals surface area contributed by atoms with Crippen molar-refractivity contribution in [2.24, 2.45) is 0 Å². The van der Waals surface area contributed by atoms with E-state index >= 15 is 0 Å². The first-order chi connectivity index (χ1) is 10.2. The number of methoxy groups -OCH3 is 2. The summed E-state index contributed by atoms with van der Waals surface area (Å²) in [4.78, 5) is 14.6. The van der Waals surface area contributed by atoms with Crippen LogP contribution in [0.1, 0.15) is 18.4 Å². The third-order valence-electron chi connectivity index (χ3n) is 4.00. The van der Waals surface area contributed by atoms with Gasteiger partial charge in [-0.3, -0.25) is 4.79 Å². The fourth-order valence-corrected chi connectivity index (χ4v) is 2.97. The lowest BCUT2D eigenvalue weighted by atomic mass is 10.1. The largest absolute Gasteiger partial charge is 0.496 e. The molecule has 1 aromatic carbocycles. The lowest BCUT2D eigenvalue weighted by Crippen LogP contribution is -2.41. The predicted molar refractivity (Wildman–Crippen MR) is 81.9 cm³/mol. The molecule has 1 unspecified atom stereocenters. The Balaban J connectivity index is 2.15. The molecular formula is C16H24N2O3. The average molecular weight is 292 g/mol. The molecule has 0 radical (unpaired) electrons. The second kappa shape index (κ2) is 7.31. The van der Waals surface area contributed by atoms with Gasteiger partial charge in [-0.2, -0.15) is 0 Å². The van der Waals surface area contributed by atoms with Crippen molar-refractivity contribution in [3.8, 4) is 11.5 Å². The molecular weight excluding hydrogens is 268 g/mol. The number of ether oxygens (including phenoxy) is 2. The molecule has 0 aromatic heterocycles. The highest BCUT2D eigenvalue weighted by molar-refractivity contribution is 5.81. The Morgan fingerprint density at radius 3 is 2.57 bits per heavy atom. The van der Waals surface area contributed by atoms with Gasteiger partial charge in [0.1, 0.15) is 11.5 Å². The van der Waals surface area contributed by atoms with Crippen LogP contribution in [0.5, 0.6) is 11.5 Å². The SMILES string of the molecule is CNCC1CCCN1C(=O)Cc1c(OC)cccc1OC. The molecule has 1 saturated heterocycles. The fourth-order valence-electron chi connectivity index (χ4n) is 2.97. The van der Waals surface area contributed by atoms with Crippen molar-refractivity contribution in [1.82, 2.24) is 10.2 Å². The smallest absolute Gasteiger partial charge is 0.227 e. The fraction of sp³-hybridized carbons (Fsp3) is 0.562. The van der Waals surface area contributed by atoms with E-state index in [0.29, 0.717) is 24.0 Å². The van der Waals surface area contributed by atoms with Crippen molar-refractivity contribution in [3.63, 3.8) is 0 Å². The Morgan fingerprint density at radius 1 is 1.33 bits per heavy atom. The van der Waals surface area contributed by atoms with Crippen molar-refractivity contribution in [2.45, 2.75) is 25.3 Å². The zero-order chi connectivity index (χ0) is 15.2. The van der Waals surface area contributed by atoms with E-state index in [1.165, 1.54) is 0 Å². The maximum Gasteiger partial charge on any atom is 0.227 e. The van der Waals surface area contributed by atoms with Gasteiger partial charge in [0, 0.05) is 24.7 Å². The Kier molecular flexibility index (Phi) is 5.44. The van der Waals surface area contributed by atoms with Gasteiger partial charge in [0.25, 0.3) is 0 Å². The number of benzene rings is 1. The predicted octanol–water partition coefficient (Wildman–Crippen LogP) is 1.46. The summed E-state index contributed by atoms with van der Waals surface area (Å²) in [6, 6.07) is 5.88. The molecule has 1 aliphatic rings. The summed E-state index contributed by atoms with van der Waals surface area (Å²) >= 11 is 0. The molecule has 0 spiro atoms. The normalized spacial score (nSPS) is 17.9. The summed E-state index contributed by atoms with van der Waals surface area (Å²) in [6.07, 6.45) is 2.45. The van der Waals surface area contributed by atoms with Gasteiger partial charge >= 0.3 is 0 Å². The van der Waals surface area contributed by atoms with Crippen LogP contribution in [0.4, 0.5) is 0 Å². The topological polar surface area (TPSA) is 50.8 Å². The summed E-state index contributed by atoms with van der Waals surface area (Å²) < 4.78 is 10.7. The summed E-state index contributed by atoms with van der Waals surface area (Å²) in [7, 11) is 5.15. The number of likely N-dealkylation sites (N-methyl/N-ethyl adjacent to an activating group) is 1. The lowest BCUT2D eigenvalue weighted by molar-refractivity contribution is -0.131. The molecule has 1 fully saturated rings. The number of amides is 1. The zero-order valence-electron chi connectivity index (χ0n) is 13.0. The Bertz CT molecular complexity index is 468. The van der Waals surface area contributed by atoms with E-state index in [4.69, 9.17) is 9.47 Å². The first-order valence-electron chi connectivity index (χ1n) is 7.35. The number of carbonyl (C=O) groups excluding carboxylic acids is 1. The monoisotopic (exact) mass is 292 g/mol. The van der Waals surface area contributed by atoms with Crippen molar-refractivity contribution in [3.05, 3.63) is 23.8 Å². The van der Waals surface area contributed by atoms with Crippen LogP contribution in [0.2, 0.25) is 0 Å². The van der Waals surface area contributed by atoms with Gasteiger partial charge in [-0.25, -0.2) is 0 Å². The molecule has 1 N–H and O–H groups in total. The van der Waals surface area contributed by atoms with Gasteiger partial charge in [0.2, 0.25) is 5.91 Å². The van der Waals surface area contributed by atoms with E-state index in [1.54, 1.807) is 14.2 Å². The van der Waals surface area contributed by atoms with Gasteiger partial charge in [0.05, 0.1) is 20.6 Å². The van der Waals surface area contributed by atoms with Crippen LogP contribution in [0.15, 0.2) is 18.2 Å². The third-order valence-corrected chi connectivity index (χ3v) is 4.00. The molecule has 116 valence electrons. The quantitative estimate of drug-likeness (QED) is 0.862. The maximum absolute atomic E-state index is 12.6.